The summed E-state index contributed by atoms with van der Waals surface area (Å²) in [6, 6.07) is 4.28. The first kappa shape index (κ1) is 11.9. The number of hydrogen-bond donors (Lipinski definition) is 1. The second kappa shape index (κ2) is 4.85. The van der Waals surface area contributed by atoms with Gasteiger partial charge in [0.1, 0.15) is 5.76 Å². The van der Waals surface area contributed by atoms with Crippen LogP contribution in [0.5, 0.6) is 0 Å². The maximum absolute atomic E-state index is 5.53. The van der Waals surface area contributed by atoms with Crippen LogP contribution in [-0.4, -0.2) is 15.4 Å². The Balaban J connectivity index is 1.71. The molecule has 0 unspecified atom stereocenters. The molecule has 7 heteroatoms. The van der Waals surface area contributed by atoms with Gasteiger partial charge in [0.2, 0.25) is 0 Å². The van der Waals surface area contributed by atoms with Crippen LogP contribution in [0, 0.1) is 13.8 Å². The number of hydrogen-bond acceptors (Lipinski definition) is 7. The minimum atomic E-state index is 0.392. The number of anilines is 1. The molecular weight excluding hydrogens is 264 g/mol. The van der Waals surface area contributed by atoms with E-state index in [1.165, 1.54) is 0 Å². The largest absolute Gasteiger partial charge is 0.403 e. The number of aryl methyl sites for hydroxylation is 2. The highest BCUT2D eigenvalue weighted by atomic mass is 32.1. The Labute approximate surface area is 113 Å². The first-order valence-electron chi connectivity index (χ1n) is 5.77. The number of rotatable bonds is 4. The van der Waals surface area contributed by atoms with E-state index in [9.17, 15) is 0 Å². The highest BCUT2D eigenvalue weighted by Gasteiger charge is 2.12. The fraction of sp³-hybridized carbons (Fsp3) is 0.250. The van der Waals surface area contributed by atoms with Gasteiger partial charge in [0.05, 0.1) is 10.6 Å². The van der Waals surface area contributed by atoms with E-state index in [0.29, 0.717) is 18.5 Å². The van der Waals surface area contributed by atoms with Crippen molar-refractivity contribution in [3.63, 3.8) is 0 Å². The summed E-state index contributed by atoms with van der Waals surface area (Å²) < 4.78 is 10.6. The van der Waals surface area contributed by atoms with Gasteiger partial charge in [-0.05, 0) is 25.3 Å². The van der Waals surface area contributed by atoms with Crippen LogP contribution in [0.15, 0.2) is 26.5 Å². The number of nitrogens with zero attached hydrogens (tertiary/aromatic N) is 3. The zero-order valence-corrected chi connectivity index (χ0v) is 11.3. The zero-order chi connectivity index (χ0) is 13.2. The monoisotopic (exact) mass is 276 g/mol. The fourth-order valence-electron chi connectivity index (χ4n) is 1.71. The van der Waals surface area contributed by atoms with Gasteiger partial charge >= 0.3 is 6.01 Å². The molecule has 0 saturated heterocycles. The van der Waals surface area contributed by atoms with Gasteiger partial charge in [0.15, 0.2) is 0 Å². The summed E-state index contributed by atoms with van der Waals surface area (Å²) in [7, 11) is 0. The molecule has 0 aliphatic heterocycles. The summed E-state index contributed by atoms with van der Waals surface area (Å²) >= 11 is 1.56. The standard InChI is InChI=1S/C12H12N4O2S/c1-7-9(8(2)18-16-7)6-13-12-15-14-11(17-12)10-4-3-5-19-10/h3-5H,6H2,1-2H3,(H,13,15). The molecule has 0 aromatic carbocycles. The number of nitrogens with one attached hydrogen (secondary N) is 1. The molecule has 0 bridgehead atoms. The molecule has 0 saturated carbocycles. The van der Waals surface area contributed by atoms with Crippen LogP contribution in [0.4, 0.5) is 6.01 Å². The Kier molecular flexibility index (Phi) is 3.04. The molecule has 3 aromatic heterocycles. The molecule has 3 aromatic rings. The smallest absolute Gasteiger partial charge is 0.316 e. The third-order valence-electron chi connectivity index (χ3n) is 2.75. The van der Waals surface area contributed by atoms with Crippen LogP contribution in [0.2, 0.25) is 0 Å². The molecule has 1 N–H and O–H groups in total. The van der Waals surface area contributed by atoms with E-state index in [1.807, 2.05) is 31.4 Å². The Morgan fingerprint density at radius 3 is 2.89 bits per heavy atom. The zero-order valence-electron chi connectivity index (χ0n) is 10.5. The van der Waals surface area contributed by atoms with Crippen molar-refractivity contribution in [1.82, 2.24) is 15.4 Å². The van der Waals surface area contributed by atoms with E-state index in [2.05, 4.69) is 20.7 Å². The Bertz CT molecular complexity index is 652. The fourth-order valence-corrected chi connectivity index (χ4v) is 2.36. The average molecular weight is 276 g/mol. The van der Waals surface area contributed by atoms with Crippen molar-refractivity contribution >= 4 is 17.4 Å². The van der Waals surface area contributed by atoms with Crippen LogP contribution in [-0.2, 0) is 6.54 Å². The summed E-state index contributed by atoms with van der Waals surface area (Å²) in [5, 5.41) is 16.9. The van der Waals surface area contributed by atoms with Crippen LogP contribution in [0.25, 0.3) is 10.8 Å². The van der Waals surface area contributed by atoms with Gasteiger partial charge < -0.3 is 14.3 Å². The Morgan fingerprint density at radius 1 is 1.32 bits per heavy atom. The van der Waals surface area contributed by atoms with Crippen LogP contribution in [0.3, 0.4) is 0 Å². The molecule has 3 heterocycles. The number of aromatic nitrogens is 3. The lowest BCUT2D eigenvalue weighted by atomic mass is 10.2. The maximum atomic E-state index is 5.53. The predicted molar refractivity (Wildman–Crippen MR) is 70.9 cm³/mol. The van der Waals surface area contributed by atoms with Crippen LogP contribution in [0.1, 0.15) is 17.0 Å². The molecule has 19 heavy (non-hydrogen) atoms. The van der Waals surface area contributed by atoms with Gasteiger partial charge in [-0.1, -0.05) is 16.3 Å². The van der Waals surface area contributed by atoms with Crippen molar-refractivity contribution in [2.24, 2.45) is 0 Å². The molecule has 0 radical (unpaired) electrons. The third-order valence-corrected chi connectivity index (χ3v) is 3.61. The first-order chi connectivity index (χ1) is 9.24. The predicted octanol–water partition coefficient (Wildman–Crippen LogP) is 3.02. The Morgan fingerprint density at radius 2 is 2.21 bits per heavy atom. The van der Waals surface area contributed by atoms with E-state index in [-0.39, 0.29) is 0 Å². The Hall–Kier alpha value is -2.15. The van der Waals surface area contributed by atoms with E-state index in [4.69, 9.17) is 8.94 Å². The van der Waals surface area contributed by atoms with Crippen molar-refractivity contribution in [1.29, 1.82) is 0 Å². The molecule has 6 nitrogen and oxygen atoms in total. The molecule has 0 aliphatic rings. The minimum absolute atomic E-state index is 0.392. The molecule has 98 valence electrons. The van der Waals surface area contributed by atoms with Gasteiger partial charge in [-0.3, -0.25) is 0 Å². The molecule has 3 rings (SSSR count). The molecule has 0 fully saturated rings. The maximum Gasteiger partial charge on any atom is 0.316 e. The van der Waals surface area contributed by atoms with E-state index < -0.39 is 0 Å². The molecule has 0 amide bonds. The molecule has 0 spiro atoms. The van der Waals surface area contributed by atoms with Crippen molar-refractivity contribution in [2.45, 2.75) is 20.4 Å². The van der Waals surface area contributed by atoms with E-state index in [0.717, 1.165) is 21.9 Å². The summed E-state index contributed by atoms with van der Waals surface area (Å²) in [6.45, 7) is 4.33. The van der Waals surface area contributed by atoms with E-state index >= 15 is 0 Å². The van der Waals surface area contributed by atoms with Crippen molar-refractivity contribution < 1.29 is 8.94 Å². The quantitative estimate of drug-likeness (QED) is 0.789. The molecule has 0 atom stereocenters. The summed E-state index contributed by atoms with van der Waals surface area (Å²) in [5.74, 6) is 1.32. The molecular formula is C12H12N4O2S. The summed E-state index contributed by atoms with van der Waals surface area (Å²) in [5.41, 5.74) is 1.87. The average Bonchev–Trinajstić information content (AvgIpc) is 3.10. The minimum Gasteiger partial charge on any atom is -0.403 e. The summed E-state index contributed by atoms with van der Waals surface area (Å²) in [6.07, 6.45) is 0. The second-order valence-electron chi connectivity index (χ2n) is 4.05. The summed E-state index contributed by atoms with van der Waals surface area (Å²) in [4.78, 5) is 0.956. The lowest BCUT2D eigenvalue weighted by Gasteiger charge is -1.99. The highest BCUT2D eigenvalue weighted by molar-refractivity contribution is 7.13. The van der Waals surface area contributed by atoms with Gasteiger partial charge in [0.25, 0.3) is 5.89 Å². The van der Waals surface area contributed by atoms with Crippen molar-refractivity contribution in [3.8, 4) is 10.8 Å². The first-order valence-corrected chi connectivity index (χ1v) is 6.65. The van der Waals surface area contributed by atoms with E-state index in [1.54, 1.807) is 11.3 Å². The molecule has 0 aliphatic carbocycles. The van der Waals surface area contributed by atoms with Gasteiger partial charge in [0, 0.05) is 12.1 Å². The lowest BCUT2D eigenvalue weighted by Crippen LogP contribution is -2.01. The SMILES string of the molecule is Cc1noc(C)c1CNc1nnc(-c2cccs2)o1. The third kappa shape index (κ3) is 2.37. The topological polar surface area (TPSA) is 77.0 Å². The van der Waals surface area contributed by atoms with Gasteiger partial charge in [-0.2, -0.15) is 0 Å². The normalized spacial score (nSPS) is 10.8. The van der Waals surface area contributed by atoms with Crippen LogP contribution >= 0.6 is 11.3 Å². The lowest BCUT2D eigenvalue weighted by molar-refractivity contribution is 0.392. The van der Waals surface area contributed by atoms with Crippen molar-refractivity contribution in [3.05, 3.63) is 34.5 Å². The van der Waals surface area contributed by atoms with Crippen LogP contribution < -0.4 is 5.32 Å². The van der Waals surface area contributed by atoms with Gasteiger partial charge in [-0.15, -0.1) is 16.4 Å². The van der Waals surface area contributed by atoms with Crippen molar-refractivity contribution in [2.75, 3.05) is 5.32 Å². The van der Waals surface area contributed by atoms with Gasteiger partial charge in [-0.25, -0.2) is 0 Å². The highest BCUT2D eigenvalue weighted by Crippen LogP contribution is 2.24. The second-order valence-corrected chi connectivity index (χ2v) is 4.99. The number of thiophene rings is 1.